The Morgan fingerprint density at radius 2 is 1.79 bits per heavy atom. The Morgan fingerprint density at radius 1 is 1.05 bits per heavy atom. The second kappa shape index (κ2) is 5.36. The summed E-state index contributed by atoms with van der Waals surface area (Å²) in [5.41, 5.74) is 0.100. The molecule has 0 unspecified atom stereocenters. The Balaban J connectivity index is 2.36. The smallest absolute Gasteiger partial charge is 0.261 e. The Hall–Kier alpha value is -1.30. The molecule has 0 aliphatic carbocycles. The quantitative estimate of drug-likeness (QED) is 0.931. The molecule has 7 heteroatoms. The van der Waals surface area contributed by atoms with Gasteiger partial charge in [-0.25, -0.2) is 12.8 Å². The monoisotopic (exact) mass is 319 g/mol. The first kappa shape index (κ1) is 14.1. The van der Waals surface area contributed by atoms with Crippen LogP contribution in [0.3, 0.4) is 0 Å². The van der Waals surface area contributed by atoms with Gasteiger partial charge in [-0.05, 0) is 36.4 Å². The Kier molecular flexibility index (Phi) is 3.99. The third-order valence-electron chi connectivity index (χ3n) is 2.28. The van der Waals surface area contributed by atoms with Crippen LogP contribution in [0.2, 0.25) is 10.0 Å². The predicted molar refractivity (Wildman–Crippen MR) is 73.7 cm³/mol. The molecule has 2 rings (SSSR count). The van der Waals surface area contributed by atoms with E-state index in [-0.39, 0.29) is 15.6 Å². The molecule has 0 atom stereocenters. The van der Waals surface area contributed by atoms with E-state index in [9.17, 15) is 12.8 Å². The zero-order valence-corrected chi connectivity index (χ0v) is 11.7. The van der Waals surface area contributed by atoms with Crippen LogP contribution in [0.25, 0.3) is 0 Å². The van der Waals surface area contributed by atoms with Gasteiger partial charge >= 0.3 is 0 Å². The lowest BCUT2D eigenvalue weighted by Crippen LogP contribution is -2.13. The van der Waals surface area contributed by atoms with E-state index >= 15 is 0 Å². The Labute approximate surface area is 120 Å². The van der Waals surface area contributed by atoms with Crippen molar-refractivity contribution in [3.8, 4) is 0 Å². The first-order valence-corrected chi connectivity index (χ1v) is 7.36. The molecule has 0 saturated heterocycles. The lowest BCUT2D eigenvalue weighted by molar-refractivity contribution is 0.601. The van der Waals surface area contributed by atoms with Gasteiger partial charge in [-0.1, -0.05) is 29.3 Å². The zero-order valence-electron chi connectivity index (χ0n) is 9.40. The van der Waals surface area contributed by atoms with Gasteiger partial charge in [-0.15, -0.1) is 0 Å². The second-order valence-electron chi connectivity index (χ2n) is 3.69. The van der Waals surface area contributed by atoms with Crippen molar-refractivity contribution in [2.75, 3.05) is 4.72 Å². The van der Waals surface area contributed by atoms with Crippen LogP contribution in [0.15, 0.2) is 47.4 Å². The van der Waals surface area contributed by atoms with Gasteiger partial charge < -0.3 is 0 Å². The number of sulfonamides is 1. The molecule has 19 heavy (non-hydrogen) atoms. The minimum absolute atomic E-state index is 0.000363. The van der Waals surface area contributed by atoms with Crippen LogP contribution in [0.5, 0.6) is 0 Å². The summed E-state index contributed by atoms with van der Waals surface area (Å²) in [6.07, 6.45) is 0. The summed E-state index contributed by atoms with van der Waals surface area (Å²) < 4.78 is 39.3. The molecule has 0 aliphatic rings. The summed E-state index contributed by atoms with van der Waals surface area (Å²) in [4.78, 5) is 0.000363. The summed E-state index contributed by atoms with van der Waals surface area (Å²) in [5, 5.41) is 0.277. The lowest BCUT2D eigenvalue weighted by atomic mass is 10.3. The van der Waals surface area contributed by atoms with Crippen molar-refractivity contribution in [1.82, 2.24) is 0 Å². The number of rotatable bonds is 3. The summed E-state index contributed by atoms with van der Waals surface area (Å²) in [6.45, 7) is 0. The number of nitrogens with one attached hydrogen (secondary N) is 1. The number of hydrogen-bond donors (Lipinski definition) is 1. The molecule has 0 fully saturated rings. The standard InChI is InChI=1S/C12H8Cl2FNO2S/c13-8-2-1-3-10(6-8)19(17,18)16-12-5-4-9(15)7-11(12)14/h1-7,16H. The van der Waals surface area contributed by atoms with Gasteiger partial charge in [0.2, 0.25) is 0 Å². The molecule has 0 radical (unpaired) electrons. The van der Waals surface area contributed by atoms with Crippen molar-refractivity contribution in [2.45, 2.75) is 4.90 Å². The van der Waals surface area contributed by atoms with Crippen LogP contribution in [-0.4, -0.2) is 8.42 Å². The number of benzene rings is 2. The van der Waals surface area contributed by atoms with E-state index in [0.717, 1.165) is 12.1 Å². The minimum Gasteiger partial charge on any atom is -0.278 e. The molecule has 100 valence electrons. The fourth-order valence-corrected chi connectivity index (χ4v) is 3.06. The molecule has 3 nitrogen and oxygen atoms in total. The maximum atomic E-state index is 12.9. The van der Waals surface area contributed by atoms with Gasteiger partial charge in [0, 0.05) is 5.02 Å². The lowest BCUT2D eigenvalue weighted by Gasteiger charge is -2.09. The molecule has 2 aromatic carbocycles. The van der Waals surface area contributed by atoms with Crippen molar-refractivity contribution < 1.29 is 12.8 Å². The van der Waals surface area contributed by atoms with Gasteiger partial charge in [-0.3, -0.25) is 4.72 Å². The molecule has 1 N–H and O–H groups in total. The molecule has 0 aliphatic heterocycles. The fraction of sp³-hybridized carbons (Fsp3) is 0. The van der Waals surface area contributed by atoms with Crippen LogP contribution in [0, 0.1) is 5.82 Å². The average Bonchev–Trinajstić information content (AvgIpc) is 2.33. The van der Waals surface area contributed by atoms with Crippen LogP contribution in [0.4, 0.5) is 10.1 Å². The summed E-state index contributed by atoms with van der Waals surface area (Å²) in [5.74, 6) is -0.546. The molecular weight excluding hydrogens is 312 g/mol. The SMILES string of the molecule is O=S(=O)(Nc1ccc(F)cc1Cl)c1cccc(Cl)c1. The first-order chi connectivity index (χ1) is 8.88. The van der Waals surface area contributed by atoms with Crippen molar-refractivity contribution in [3.05, 3.63) is 58.3 Å². The highest BCUT2D eigenvalue weighted by Crippen LogP contribution is 2.26. The maximum Gasteiger partial charge on any atom is 0.261 e. The minimum atomic E-state index is -3.81. The number of hydrogen-bond acceptors (Lipinski definition) is 2. The number of anilines is 1. The third kappa shape index (κ3) is 3.37. The van der Waals surface area contributed by atoms with Crippen LogP contribution >= 0.6 is 23.2 Å². The highest BCUT2D eigenvalue weighted by Gasteiger charge is 2.16. The molecule has 0 aromatic heterocycles. The predicted octanol–water partition coefficient (Wildman–Crippen LogP) is 3.93. The molecule has 0 spiro atoms. The Morgan fingerprint density at radius 3 is 2.42 bits per heavy atom. The van der Waals surface area contributed by atoms with Crippen molar-refractivity contribution in [1.29, 1.82) is 0 Å². The molecule has 0 saturated carbocycles. The first-order valence-electron chi connectivity index (χ1n) is 5.12. The second-order valence-corrected chi connectivity index (χ2v) is 6.21. The normalized spacial score (nSPS) is 11.3. The maximum absolute atomic E-state index is 12.9. The molecular formula is C12H8Cl2FNO2S. The van der Waals surface area contributed by atoms with Gasteiger partial charge in [-0.2, -0.15) is 0 Å². The van der Waals surface area contributed by atoms with E-state index in [4.69, 9.17) is 23.2 Å². The average molecular weight is 320 g/mol. The van der Waals surface area contributed by atoms with E-state index < -0.39 is 15.8 Å². The van der Waals surface area contributed by atoms with Crippen molar-refractivity contribution in [2.24, 2.45) is 0 Å². The topological polar surface area (TPSA) is 46.2 Å². The summed E-state index contributed by atoms with van der Waals surface area (Å²) >= 11 is 11.5. The van der Waals surface area contributed by atoms with E-state index in [1.165, 1.54) is 24.3 Å². The largest absolute Gasteiger partial charge is 0.278 e. The molecule has 0 amide bonds. The summed E-state index contributed by atoms with van der Waals surface area (Å²) in [6, 6.07) is 9.17. The van der Waals surface area contributed by atoms with Crippen LogP contribution in [-0.2, 0) is 10.0 Å². The van der Waals surface area contributed by atoms with Gasteiger partial charge in [0.1, 0.15) is 5.82 Å². The van der Waals surface area contributed by atoms with Gasteiger partial charge in [0.25, 0.3) is 10.0 Å². The van der Waals surface area contributed by atoms with E-state index in [2.05, 4.69) is 4.72 Å². The van der Waals surface area contributed by atoms with Crippen LogP contribution in [0.1, 0.15) is 0 Å². The van der Waals surface area contributed by atoms with Crippen molar-refractivity contribution in [3.63, 3.8) is 0 Å². The van der Waals surface area contributed by atoms with Gasteiger partial charge in [0.05, 0.1) is 15.6 Å². The molecule has 0 bridgehead atoms. The molecule has 2 aromatic rings. The number of halogens is 3. The molecule has 0 heterocycles. The third-order valence-corrected chi connectivity index (χ3v) is 4.19. The van der Waals surface area contributed by atoms with Crippen LogP contribution < -0.4 is 4.72 Å². The van der Waals surface area contributed by atoms with Gasteiger partial charge in [0.15, 0.2) is 0 Å². The van der Waals surface area contributed by atoms with Crippen molar-refractivity contribution >= 4 is 38.9 Å². The Bertz CT molecular complexity index is 719. The highest BCUT2D eigenvalue weighted by molar-refractivity contribution is 7.92. The van der Waals surface area contributed by atoms with E-state index in [1.807, 2.05) is 0 Å². The summed E-state index contributed by atoms with van der Waals surface area (Å²) in [7, 11) is -3.81. The highest BCUT2D eigenvalue weighted by atomic mass is 35.5. The van der Waals surface area contributed by atoms with E-state index in [0.29, 0.717) is 5.02 Å². The fourth-order valence-electron chi connectivity index (χ4n) is 1.41. The zero-order chi connectivity index (χ0) is 14.0. The van der Waals surface area contributed by atoms with E-state index in [1.54, 1.807) is 6.07 Å².